The maximum absolute atomic E-state index is 13.5. The van der Waals surface area contributed by atoms with Crippen molar-refractivity contribution in [1.29, 1.82) is 0 Å². The second-order valence-electron chi connectivity index (χ2n) is 9.07. The van der Waals surface area contributed by atoms with Crippen molar-refractivity contribution in [2.45, 2.75) is 20.8 Å². The van der Waals surface area contributed by atoms with E-state index in [1.807, 2.05) is 32.9 Å². The Morgan fingerprint density at radius 1 is 1.00 bits per heavy atom. The lowest BCUT2D eigenvalue weighted by Gasteiger charge is -2.14. The average Bonchev–Trinajstić information content (AvgIpc) is 3.24. The third-order valence-corrected chi connectivity index (χ3v) is 6.02. The molecule has 4 aromatic rings. The van der Waals surface area contributed by atoms with Crippen molar-refractivity contribution in [3.05, 3.63) is 77.1 Å². The fraction of sp³-hybridized carbons (Fsp3) is 0.241. The average molecular weight is 489 g/mol. The molecule has 0 aliphatic rings. The van der Waals surface area contributed by atoms with Gasteiger partial charge in [0.05, 0.1) is 12.7 Å². The van der Waals surface area contributed by atoms with Crippen LogP contribution in [0, 0.1) is 18.7 Å². The maximum Gasteiger partial charge on any atom is 0.255 e. The molecular formula is C29H29FN2O4. The van der Waals surface area contributed by atoms with Gasteiger partial charge >= 0.3 is 0 Å². The summed E-state index contributed by atoms with van der Waals surface area (Å²) in [5, 5.41) is 6.22. The van der Waals surface area contributed by atoms with Gasteiger partial charge in [-0.2, -0.15) is 0 Å². The van der Waals surface area contributed by atoms with Crippen LogP contribution in [-0.2, 0) is 0 Å². The molecule has 3 aromatic carbocycles. The number of methoxy groups -OCH3 is 1. The summed E-state index contributed by atoms with van der Waals surface area (Å²) in [5.41, 5.74) is 4.38. The first-order chi connectivity index (χ1) is 17.2. The molecule has 0 atom stereocenters. The number of nitrogens with one attached hydrogen (secondary N) is 2. The van der Waals surface area contributed by atoms with Crippen molar-refractivity contribution < 1.29 is 23.1 Å². The van der Waals surface area contributed by atoms with Gasteiger partial charge in [-0.25, -0.2) is 4.39 Å². The molecule has 7 heteroatoms. The van der Waals surface area contributed by atoms with Crippen molar-refractivity contribution in [2.24, 2.45) is 5.92 Å². The molecule has 0 fully saturated rings. The minimum Gasteiger partial charge on any atom is -0.496 e. The van der Waals surface area contributed by atoms with Crippen molar-refractivity contribution in [2.75, 3.05) is 20.7 Å². The zero-order chi connectivity index (χ0) is 26.0. The number of aryl methyl sites for hydroxylation is 1. The van der Waals surface area contributed by atoms with Crippen molar-refractivity contribution in [1.82, 2.24) is 10.6 Å². The zero-order valence-corrected chi connectivity index (χ0v) is 21.0. The normalized spacial score (nSPS) is 11.1. The third-order valence-electron chi connectivity index (χ3n) is 6.02. The summed E-state index contributed by atoms with van der Waals surface area (Å²) < 4.78 is 25.3. The number of hydrogen-bond donors (Lipinski definition) is 2. The largest absolute Gasteiger partial charge is 0.496 e. The minimum atomic E-state index is -0.376. The molecule has 2 amide bonds. The van der Waals surface area contributed by atoms with Gasteiger partial charge in [-0.1, -0.05) is 13.8 Å². The van der Waals surface area contributed by atoms with Gasteiger partial charge < -0.3 is 19.8 Å². The number of furan rings is 1. The molecule has 4 rings (SSSR count). The van der Waals surface area contributed by atoms with Crippen molar-refractivity contribution in [3.63, 3.8) is 0 Å². The topological polar surface area (TPSA) is 80.6 Å². The molecule has 2 N–H and O–H groups in total. The first kappa shape index (κ1) is 25.0. The molecule has 0 aliphatic carbocycles. The minimum absolute atomic E-state index is 0.167. The SMILES string of the molecule is CNC(=O)c1c(-c2ccc(F)cc2)oc2cc(C)c(-c3cc(C(=O)NCC(C)C)ccc3OC)cc12. The first-order valence-electron chi connectivity index (χ1n) is 11.7. The number of benzene rings is 3. The van der Waals surface area contributed by atoms with Crippen LogP contribution in [0.3, 0.4) is 0 Å². The Morgan fingerprint density at radius 3 is 2.36 bits per heavy atom. The molecule has 6 nitrogen and oxygen atoms in total. The summed E-state index contributed by atoms with van der Waals surface area (Å²) in [4.78, 5) is 25.7. The fourth-order valence-electron chi connectivity index (χ4n) is 4.15. The van der Waals surface area contributed by atoms with E-state index in [1.165, 1.54) is 12.1 Å². The van der Waals surface area contributed by atoms with Crippen LogP contribution in [0.2, 0.25) is 0 Å². The highest BCUT2D eigenvalue weighted by molar-refractivity contribution is 6.12. The van der Waals surface area contributed by atoms with Crippen LogP contribution in [0.4, 0.5) is 4.39 Å². The number of carbonyl (C=O) groups is 2. The molecule has 0 radical (unpaired) electrons. The summed E-state index contributed by atoms with van der Waals surface area (Å²) in [5.74, 6) is 0.418. The van der Waals surface area contributed by atoms with E-state index < -0.39 is 0 Å². The third kappa shape index (κ3) is 4.82. The molecule has 1 aromatic heterocycles. The van der Waals surface area contributed by atoms with Gasteiger partial charge in [0, 0.05) is 35.7 Å². The number of rotatable bonds is 7. The summed E-state index contributed by atoms with van der Waals surface area (Å²) in [6.07, 6.45) is 0. The Balaban J connectivity index is 1.90. The Bertz CT molecular complexity index is 1440. The molecule has 0 spiro atoms. The van der Waals surface area contributed by atoms with Crippen LogP contribution in [0.15, 0.2) is 59.0 Å². The molecule has 0 saturated heterocycles. The molecule has 0 saturated carbocycles. The second kappa shape index (κ2) is 10.2. The zero-order valence-electron chi connectivity index (χ0n) is 21.0. The summed E-state index contributed by atoms with van der Waals surface area (Å²) in [7, 11) is 3.12. The summed E-state index contributed by atoms with van der Waals surface area (Å²) in [6.45, 7) is 6.57. The first-order valence-corrected chi connectivity index (χ1v) is 11.7. The van der Waals surface area contributed by atoms with E-state index in [4.69, 9.17) is 9.15 Å². The lowest BCUT2D eigenvalue weighted by atomic mass is 9.94. The van der Waals surface area contributed by atoms with Crippen LogP contribution < -0.4 is 15.4 Å². The number of amides is 2. The molecule has 36 heavy (non-hydrogen) atoms. The van der Waals surface area contributed by atoms with Gasteiger partial charge in [0.25, 0.3) is 11.8 Å². The Kier molecular flexibility index (Phi) is 7.10. The molecular weight excluding hydrogens is 459 g/mol. The molecule has 0 unspecified atom stereocenters. The van der Waals surface area contributed by atoms with Gasteiger partial charge in [0.2, 0.25) is 0 Å². The Hall–Kier alpha value is -4.13. The van der Waals surface area contributed by atoms with Crippen molar-refractivity contribution in [3.8, 4) is 28.2 Å². The van der Waals surface area contributed by atoms with E-state index in [0.717, 1.165) is 16.7 Å². The second-order valence-corrected chi connectivity index (χ2v) is 9.07. The Labute approximate surface area is 209 Å². The van der Waals surface area contributed by atoms with E-state index in [-0.39, 0.29) is 17.6 Å². The van der Waals surface area contributed by atoms with Crippen LogP contribution in [0.5, 0.6) is 5.75 Å². The van der Waals surface area contributed by atoms with Gasteiger partial charge in [-0.3, -0.25) is 9.59 Å². The lowest BCUT2D eigenvalue weighted by molar-refractivity contribution is 0.0945. The number of carbonyl (C=O) groups excluding carboxylic acids is 2. The van der Waals surface area contributed by atoms with Crippen LogP contribution in [0.25, 0.3) is 33.4 Å². The number of hydrogen-bond acceptors (Lipinski definition) is 4. The molecule has 0 aliphatic heterocycles. The van der Waals surface area contributed by atoms with Gasteiger partial charge in [-0.15, -0.1) is 0 Å². The highest BCUT2D eigenvalue weighted by Crippen LogP contribution is 2.40. The molecule has 186 valence electrons. The van der Waals surface area contributed by atoms with Gasteiger partial charge in [0.1, 0.15) is 22.9 Å². The summed E-state index contributed by atoms with van der Waals surface area (Å²) >= 11 is 0. The smallest absolute Gasteiger partial charge is 0.255 e. The van der Waals surface area contributed by atoms with Gasteiger partial charge in [0.15, 0.2) is 0 Å². The molecule has 1 heterocycles. The van der Waals surface area contributed by atoms with E-state index in [0.29, 0.717) is 51.6 Å². The molecule has 0 bridgehead atoms. The number of ether oxygens (including phenoxy) is 1. The Morgan fingerprint density at radius 2 is 1.72 bits per heavy atom. The van der Waals surface area contributed by atoms with Crippen LogP contribution >= 0.6 is 0 Å². The number of fused-ring (bicyclic) bond motifs is 1. The maximum atomic E-state index is 13.5. The van der Waals surface area contributed by atoms with E-state index in [2.05, 4.69) is 10.6 Å². The standard InChI is InChI=1S/C29H29FN2O4/c1-16(2)15-32-28(33)19-8-11-24(35-5)22(13-19)21-14-23-25(12-17(21)3)36-27(26(23)29(34)31-4)18-6-9-20(30)10-7-18/h6-14,16H,15H2,1-5H3,(H,31,34)(H,32,33). The van der Waals surface area contributed by atoms with E-state index in [1.54, 1.807) is 44.5 Å². The van der Waals surface area contributed by atoms with Crippen LogP contribution in [0.1, 0.15) is 40.1 Å². The fourth-order valence-corrected chi connectivity index (χ4v) is 4.15. The van der Waals surface area contributed by atoms with Gasteiger partial charge in [-0.05, 0) is 78.6 Å². The number of halogens is 1. The van der Waals surface area contributed by atoms with Crippen molar-refractivity contribution >= 4 is 22.8 Å². The highest BCUT2D eigenvalue weighted by atomic mass is 19.1. The van der Waals surface area contributed by atoms with E-state index in [9.17, 15) is 14.0 Å². The highest BCUT2D eigenvalue weighted by Gasteiger charge is 2.24. The summed E-state index contributed by atoms with van der Waals surface area (Å²) in [6, 6.07) is 14.8. The monoisotopic (exact) mass is 488 g/mol. The van der Waals surface area contributed by atoms with Crippen LogP contribution in [-0.4, -0.2) is 32.5 Å². The predicted molar refractivity (Wildman–Crippen MR) is 139 cm³/mol. The lowest BCUT2D eigenvalue weighted by Crippen LogP contribution is -2.27. The quantitative estimate of drug-likeness (QED) is 0.336. The van der Waals surface area contributed by atoms with E-state index >= 15 is 0 Å². The predicted octanol–water partition coefficient (Wildman–Crippen LogP) is 5.97.